The van der Waals surface area contributed by atoms with Gasteiger partial charge in [-0.3, -0.25) is 13.9 Å². The van der Waals surface area contributed by atoms with E-state index < -0.39 is 10.0 Å². The molecule has 1 saturated heterocycles. The number of hydrogen-bond donors (Lipinski definition) is 0. The number of rotatable bonds is 8. The summed E-state index contributed by atoms with van der Waals surface area (Å²) in [6.45, 7) is 1.20. The highest BCUT2D eigenvalue weighted by Crippen LogP contribution is 2.32. The van der Waals surface area contributed by atoms with Crippen molar-refractivity contribution in [1.29, 1.82) is 0 Å². The van der Waals surface area contributed by atoms with E-state index in [-0.39, 0.29) is 23.1 Å². The first-order valence-corrected chi connectivity index (χ1v) is 11.1. The molecule has 0 spiro atoms. The molecule has 31 heavy (non-hydrogen) atoms. The number of ether oxygens (including phenoxy) is 2. The van der Waals surface area contributed by atoms with Crippen molar-refractivity contribution >= 4 is 28.0 Å². The molecule has 166 valence electrons. The monoisotopic (exact) mass is 447 g/mol. The molecule has 0 saturated carbocycles. The SMILES string of the molecule is COc1ccc(S(=O)(=O)N(CC(=O)N2CCN(C=O)CC2)c2ccccc2)cc1OC. The highest BCUT2D eigenvalue weighted by molar-refractivity contribution is 7.92. The fourth-order valence-corrected chi connectivity index (χ4v) is 4.74. The first-order valence-electron chi connectivity index (χ1n) is 9.67. The van der Waals surface area contributed by atoms with Crippen LogP contribution in [0, 0.1) is 0 Å². The number of carbonyl (C=O) groups excluding carboxylic acids is 2. The Morgan fingerprint density at radius 1 is 1.00 bits per heavy atom. The lowest BCUT2D eigenvalue weighted by molar-refractivity contribution is -0.133. The second kappa shape index (κ2) is 9.69. The lowest BCUT2D eigenvalue weighted by Gasteiger charge is -2.34. The Hall–Kier alpha value is -3.27. The highest BCUT2D eigenvalue weighted by Gasteiger charge is 2.30. The molecule has 0 radical (unpaired) electrons. The van der Waals surface area contributed by atoms with Gasteiger partial charge in [0.1, 0.15) is 6.54 Å². The molecular formula is C21H25N3O6S. The van der Waals surface area contributed by atoms with Gasteiger partial charge in [0, 0.05) is 32.2 Å². The molecule has 0 atom stereocenters. The maximum Gasteiger partial charge on any atom is 0.264 e. The minimum absolute atomic E-state index is 0.0208. The molecule has 2 aromatic rings. The van der Waals surface area contributed by atoms with E-state index in [9.17, 15) is 18.0 Å². The fraction of sp³-hybridized carbons (Fsp3) is 0.333. The van der Waals surface area contributed by atoms with Gasteiger partial charge < -0.3 is 19.3 Å². The Balaban J connectivity index is 1.92. The van der Waals surface area contributed by atoms with Crippen LogP contribution in [-0.4, -0.2) is 77.5 Å². The standard InChI is InChI=1S/C21H25N3O6S/c1-29-19-9-8-18(14-20(19)30-2)31(27,28)24(17-6-4-3-5-7-17)15-21(26)23-12-10-22(16-25)11-13-23/h3-9,14,16H,10-13,15H2,1-2H3. The molecule has 0 N–H and O–H groups in total. The molecule has 0 unspecified atom stereocenters. The van der Waals surface area contributed by atoms with Crippen LogP contribution in [0.1, 0.15) is 0 Å². The molecule has 0 aromatic heterocycles. The second-order valence-corrected chi connectivity index (χ2v) is 8.75. The van der Waals surface area contributed by atoms with E-state index in [1.807, 2.05) is 0 Å². The van der Waals surface area contributed by atoms with Gasteiger partial charge in [-0.15, -0.1) is 0 Å². The zero-order chi connectivity index (χ0) is 22.4. The summed E-state index contributed by atoms with van der Waals surface area (Å²) < 4.78 is 38.6. The van der Waals surface area contributed by atoms with Gasteiger partial charge in [-0.1, -0.05) is 18.2 Å². The van der Waals surface area contributed by atoms with Crippen LogP contribution in [0.2, 0.25) is 0 Å². The number of anilines is 1. The average Bonchev–Trinajstić information content (AvgIpc) is 2.82. The molecule has 9 nitrogen and oxygen atoms in total. The van der Waals surface area contributed by atoms with E-state index in [1.54, 1.807) is 40.1 Å². The van der Waals surface area contributed by atoms with Crippen molar-refractivity contribution < 1.29 is 27.5 Å². The third kappa shape index (κ3) is 4.91. The van der Waals surface area contributed by atoms with Gasteiger partial charge in [0.2, 0.25) is 12.3 Å². The van der Waals surface area contributed by atoms with Gasteiger partial charge in [-0.2, -0.15) is 0 Å². The average molecular weight is 448 g/mol. The van der Waals surface area contributed by atoms with E-state index in [2.05, 4.69) is 0 Å². The van der Waals surface area contributed by atoms with Crippen molar-refractivity contribution in [2.24, 2.45) is 0 Å². The summed E-state index contributed by atoms with van der Waals surface area (Å²) in [5, 5.41) is 0. The summed E-state index contributed by atoms with van der Waals surface area (Å²) in [5.41, 5.74) is 0.372. The van der Waals surface area contributed by atoms with Crippen molar-refractivity contribution in [3.05, 3.63) is 48.5 Å². The zero-order valence-corrected chi connectivity index (χ0v) is 18.2. The summed E-state index contributed by atoms with van der Waals surface area (Å²) in [4.78, 5) is 27.0. The Morgan fingerprint density at radius 3 is 2.23 bits per heavy atom. The Labute approximate surface area is 181 Å². The minimum atomic E-state index is -4.08. The highest BCUT2D eigenvalue weighted by atomic mass is 32.2. The number of nitrogens with zero attached hydrogens (tertiary/aromatic N) is 3. The van der Waals surface area contributed by atoms with Crippen LogP contribution in [0.5, 0.6) is 11.5 Å². The van der Waals surface area contributed by atoms with Crippen molar-refractivity contribution in [2.45, 2.75) is 4.90 Å². The minimum Gasteiger partial charge on any atom is -0.493 e. The first kappa shape index (κ1) is 22.4. The summed E-state index contributed by atoms with van der Waals surface area (Å²) in [5.74, 6) is 0.336. The quantitative estimate of drug-likeness (QED) is 0.564. The molecular weight excluding hydrogens is 422 g/mol. The van der Waals surface area contributed by atoms with Crippen LogP contribution in [0.4, 0.5) is 5.69 Å². The van der Waals surface area contributed by atoms with E-state index >= 15 is 0 Å². The van der Waals surface area contributed by atoms with E-state index in [1.165, 1.54) is 32.4 Å². The number of methoxy groups -OCH3 is 2. The van der Waals surface area contributed by atoms with Gasteiger partial charge in [-0.05, 0) is 24.3 Å². The second-order valence-electron chi connectivity index (χ2n) is 6.89. The lowest BCUT2D eigenvalue weighted by Crippen LogP contribution is -2.51. The Kier molecular flexibility index (Phi) is 7.01. The van der Waals surface area contributed by atoms with Crippen LogP contribution < -0.4 is 13.8 Å². The van der Waals surface area contributed by atoms with Crippen LogP contribution in [-0.2, 0) is 19.6 Å². The Morgan fingerprint density at radius 2 is 1.65 bits per heavy atom. The fourth-order valence-electron chi connectivity index (χ4n) is 3.31. The molecule has 2 aromatic carbocycles. The summed E-state index contributed by atoms with van der Waals surface area (Å²) >= 11 is 0. The molecule has 3 rings (SSSR count). The van der Waals surface area contributed by atoms with Crippen molar-refractivity contribution in [3.63, 3.8) is 0 Å². The predicted molar refractivity (Wildman–Crippen MR) is 115 cm³/mol. The lowest BCUT2D eigenvalue weighted by atomic mass is 10.3. The number of piperazine rings is 1. The van der Waals surface area contributed by atoms with E-state index in [0.29, 0.717) is 37.6 Å². The van der Waals surface area contributed by atoms with Gasteiger partial charge >= 0.3 is 0 Å². The number of para-hydroxylation sites is 1. The van der Waals surface area contributed by atoms with Crippen LogP contribution in [0.15, 0.2) is 53.4 Å². The van der Waals surface area contributed by atoms with Crippen LogP contribution in [0.25, 0.3) is 0 Å². The third-order valence-corrected chi connectivity index (χ3v) is 6.85. The predicted octanol–water partition coefficient (Wildman–Crippen LogP) is 1.20. The number of amides is 2. The molecule has 10 heteroatoms. The molecule has 1 aliphatic rings. The summed E-state index contributed by atoms with van der Waals surface area (Å²) in [7, 11) is -1.19. The zero-order valence-electron chi connectivity index (χ0n) is 17.4. The maximum atomic E-state index is 13.5. The van der Waals surface area contributed by atoms with Crippen LogP contribution in [0.3, 0.4) is 0 Å². The molecule has 1 heterocycles. The number of hydrogen-bond acceptors (Lipinski definition) is 6. The number of benzene rings is 2. The first-order chi connectivity index (χ1) is 14.9. The largest absolute Gasteiger partial charge is 0.493 e. The van der Waals surface area contributed by atoms with Crippen molar-refractivity contribution in [1.82, 2.24) is 9.80 Å². The molecule has 2 amide bonds. The van der Waals surface area contributed by atoms with E-state index in [0.717, 1.165) is 10.7 Å². The van der Waals surface area contributed by atoms with Gasteiger partial charge in [-0.25, -0.2) is 8.42 Å². The van der Waals surface area contributed by atoms with Crippen molar-refractivity contribution in [2.75, 3.05) is 51.2 Å². The topological polar surface area (TPSA) is 96.5 Å². The van der Waals surface area contributed by atoms with Crippen LogP contribution >= 0.6 is 0 Å². The summed E-state index contributed by atoms with van der Waals surface area (Å²) in [6, 6.07) is 12.8. The smallest absolute Gasteiger partial charge is 0.264 e. The summed E-state index contributed by atoms with van der Waals surface area (Å²) in [6.07, 6.45) is 0.750. The Bertz CT molecular complexity index is 1020. The number of carbonyl (C=O) groups is 2. The molecule has 1 fully saturated rings. The maximum absolute atomic E-state index is 13.5. The molecule has 0 aliphatic carbocycles. The van der Waals surface area contributed by atoms with Crippen molar-refractivity contribution in [3.8, 4) is 11.5 Å². The molecule has 1 aliphatic heterocycles. The van der Waals surface area contributed by atoms with Gasteiger partial charge in [0.15, 0.2) is 11.5 Å². The third-order valence-electron chi connectivity index (χ3n) is 5.08. The molecule has 0 bridgehead atoms. The van der Waals surface area contributed by atoms with E-state index in [4.69, 9.17) is 9.47 Å². The van der Waals surface area contributed by atoms with Gasteiger partial charge in [0.25, 0.3) is 10.0 Å². The van der Waals surface area contributed by atoms with Gasteiger partial charge in [0.05, 0.1) is 24.8 Å². The normalized spacial score (nSPS) is 14.1. The number of sulfonamides is 1.